The Balaban J connectivity index is 2.21. The van der Waals surface area contributed by atoms with Crippen molar-refractivity contribution in [1.82, 2.24) is 0 Å². The molecule has 7 heteroatoms. The third kappa shape index (κ3) is 5.13. The van der Waals surface area contributed by atoms with Crippen LogP contribution in [-0.4, -0.2) is 47.4 Å². The molecular formula is C29H44O7. The van der Waals surface area contributed by atoms with E-state index in [-0.39, 0.29) is 23.8 Å². The quantitative estimate of drug-likeness (QED) is 0.323. The van der Waals surface area contributed by atoms with Gasteiger partial charge in [-0.05, 0) is 54.6 Å². The molecule has 1 N–H and O–H groups in total. The molecule has 36 heavy (non-hydrogen) atoms. The van der Waals surface area contributed by atoms with Gasteiger partial charge in [0.05, 0.1) is 12.0 Å². The fourth-order valence-corrected chi connectivity index (χ4v) is 7.32. The summed E-state index contributed by atoms with van der Waals surface area (Å²) in [6.07, 6.45) is 0.448. The van der Waals surface area contributed by atoms with E-state index in [1.807, 2.05) is 34.6 Å². The SMILES string of the molecule is C=C1[C@@H](OC(C)=O)CC[C@@]2(C)C[C@H](O)C3=C(C)C[C@H](OC(=O)[C@@H](C)CC)[C@@H]([C@@H](OC(C)=O)[C@H]12)C3(C)C. The number of esters is 3. The van der Waals surface area contributed by atoms with Gasteiger partial charge in [0.1, 0.15) is 18.3 Å². The van der Waals surface area contributed by atoms with Crippen LogP contribution < -0.4 is 0 Å². The summed E-state index contributed by atoms with van der Waals surface area (Å²) in [7, 11) is 0. The van der Waals surface area contributed by atoms with Gasteiger partial charge >= 0.3 is 17.9 Å². The number of hydrogen-bond acceptors (Lipinski definition) is 7. The number of aliphatic hydroxyl groups excluding tert-OH is 1. The smallest absolute Gasteiger partial charge is 0.308 e. The molecule has 0 spiro atoms. The number of carbonyl (C=O) groups excluding carboxylic acids is 3. The van der Waals surface area contributed by atoms with E-state index >= 15 is 0 Å². The molecule has 0 heterocycles. The van der Waals surface area contributed by atoms with Crippen molar-refractivity contribution in [2.75, 3.05) is 0 Å². The van der Waals surface area contributed by atoms with Gasteiger partial charge in [-0.2, -0.15) is 0 Å². The van der Waals surface area contributed by atoms with Crippen LogP contribution in [0.3, 0.4) is 0 Å². The zero-order valence-electron chi connectivity index (χ0n) is 23.2. The normalized spacial score (nSPS) is 36.6. The van der Waals surface area contributed by atoms with Crippen molar-refractivity contribution in [3.8, 4) is 0 Å². The second kappa shape index (κ2) is 10.3. The number of aliphatic hydroxyl groups is 1. The number of rotatable bonds is 5. The van der Waals surface area contributed by atoms with Crippen LogP contribution in [0.5, 0.6) is 0 Å². The summed E-state index contributed by atoms with van der Waals surface area (Å²) in [5.41, 5.74) is 1.55. The summed E-state index contributed by atoms with van der Waals surface area (Å²) < 4.78 is 17.9. The fraction of sp³-hybridized carbons (Fsp3) is 0.759. The highest BCUT2D eigenvalue weighted by Crippen LogP contribution is 2.60. The predicted molar refractivity (Wildman–Crippen MR) is 136 cm³/mol. The lowest BCUT2D eigenvalue weighted by Gasteiger charge is -2.58. The maximum Gasteiger partial charge on any atom is 0.308 e. The summed E-state index contributed by atoms with van der Waals surface area (Å²) in [5, 5.41) is 11.6. The molecule has 2 fully saturated rings. The number of ether oxygens (including phenoxy) is 3. The van der Waals surface area contributed by atoms with Gasteiger partial charge in [0.25, 0.3) is 0 Å². The second-order valence-electron chi connectivity index (χ2n) is 12.1. The van der Waals surface area contributed by atoms with Gasteiger partial charge in [-0.15, -0.1) is 0 Å². The maximum absolute atomic E-state index is 13.0. The van der Waals surface area contributed by atoms with Gasteiger partial charge in [-0.3, -0.25) is 14.4 Å². The Bertz CT molecular complexity index is 947. The van der Waals surface area contributed by atoms with E-state index in [2.05, 4.69) is 13.5 Å². The largest absolute Gasteiger partial charge is 0.461 e. The molecule has 0 amide bonds. The molecule has 0 saturated heterocycles. The van der Waals surface area contributed by atoms with Gasteiger partial charge in [0.2, 0.25) is 0 Å². The first kappa shape index (κ1) is 28.4. The molecule has 202 valence electrons. The molecule has 0 aromatic carbocycles. The molecule has 0 aliphatic heterocycles. The molecule has 2 saturated carbocycles. The van der Waals surface area contributed by atoms with Crippen LogP contribution in [0, 0.1) is 28.6 Å². The highest BCUT2D eigenvalue weighted by Gasteiger charge is 2.60. The van der Waals surface area contributed by atoms with E-state index < -0.39 is 47.1 Å². The average Bonchev–Trinajstić information content (AvgIpc) is 2.72. The second-order valence-corrected chi connectivity index (χ2v) is 12.1. The molecule has 3 aliphatic rings. The molecule has 0 unspecified atom stereocenters. The van der Waals surface area contributed by atoms with Gasteiger partial charge < -0.3 is 19.3 Å². The van der Waals surface area contributed by atoms with E-state index in [9.17, 15) is 19.5 Å². The molecule has 2 bridgehead atoms. The van der Waals surface area contributed by atoms with Gasteiger partial charge in [0.15, 0.2) is 0 Å². The topological polar surface area (TPSA) is 99.1 Å². The Morgan fingerprint density at radius 2 is 1.72 bits per heavy atom. The molecule has 0 aromatic rings. The van der Waals surface area contributed by atoms with E-state index in [0.29, 0.717) is 37.7 Å². The van der Waals surface area contributed by atoms with Gasteiger partial charge in [0, 0.05) is 32.1 Å². The molecule has 3 rings (SSSR count). The summed E-state index contributed by atoms with van der Waals surface area (Å²) >= 11 is 0. The summed E-state index contributed by atoms with van der Waals surface area (Å²) in [6.45, 7) is 19.1. The monoisotopic (exact) mass is 504 g/mol. The van der Waals surface area contributed by atoms with Crippen LogP contribution >= 0.6 is 0 Å². The lowest BCUT2D eigenvalue weighted by Crippen LogP contribution is -2.60. The van der Waals surface area contributed by atoms with Crippen molar-refractivity contribution in [3.05, 3.63) is 23.3 Å². The Morgan fingerprint density at radius 1 is 1.11 bits per heavy atom. The molecule has 7 nitrogen and oxygen atoms in total. The molecule has 0 aromatic heterocycles. The van der Waals surface area contributed by atoms with Crippen molar-refractivity contribution < 1.29 is 33.7 Å². The first-order valence-corrected chi connectivity index (χ1v) is 13.3. The van der Waals surface area contributed by atoms with Crippen LogP contribution in [0.2, 0.25) is 0 Å². The van der Waals surface area contributed by atoms with Gasteiger partial charge in [-0.25, -0.2) is 0 Å². The lowest BCUT2D eigenvalue weighted by atomic mass is 9.50. The summed E-state index contributed by atoms with van der Waals surface area (Å²) in [5.74, 6) is -2.15. The number of carbonyl (C=O) groups is 3. The Hall–Kier alpha value is -2.15. The van der Waals surface area contributed by atoms with Crippen LogP contribution in [0.1, 0.15) is 87.5 Å². The van der Waals surface area contributed by atoms with Crippen molar-refractivity contribution in [1.29, 1.82) is 0 Å². The Kier molecular flexibility index (Phi) is 8.14. The minimum Gasteiger partial charge on any atom is -0.461 e. The molecular weight excluding hydrogens is 460 g/mol. The molecule has 3 aliphatic carbocycles. The van der Waals surface area contributed by atoms with Crippen LogP contribution in [-0.2, 0) is 28.6 Å². The first-order valence-electron chi connectivity index (χ1n) is 13.3. The average molecular weight is 505 g/mol. The Labute approximate surface area is 215 Å². The minimum atomic E-state index is -0.697. The first-order chi connectivity index (χ1) is 16.6. The molecule has 8 atom stereocenters. The maximum atomic E-state index is 13.0. The fourth-order valence-electron chi connectivity index (χ4n) is 7.32. The minimum absolute atomic E-state index is 0.256. The van der Waals surface area contributed by atoms with Crippen LogP contribution in [0.25, 0.3) is 0 Å². The van der Waals surface area contributed by atoms with Crippen molar-refractivity contribution in [3.63, 3.8) is 0 Å². The third-order valence-electron chi connectivity index (χ3n) is 9.00. The zero-order valence-corrected chi connectivity index (χ0v) is 23.2. The van der Waals surface area contributed by atoms with Crippen molar-refractivity contribution >= 4 is 17.9 Å². The zero-order chi connectivity index (χ0) is 27.2. The molecule has 0 radical (unpaired) electrons. The van der Waals surface area contributed by atoms with Crippen molar-refractivity contribution in [2.24, 2.45) is 28.6 Å². The van der Waals surface area contributed by atoms with Crippen LogP contribution in [0.15, 0.2) is 23.3 Å². The van der Waals surface area contributed by atoms with E-state index in [1.165, 1.54) is 13.8 Å². The van der Waals surface area contributed by atoms with E-state index in [1.54, 1.807) is 0 Å². The van der Waals surface area contributed by atoms with Crippen LogP contribution in [0.4, 0.5) is 0 Å². The highest BCUT2D eigenvalue weighted by molar-refractivity contribution is 5.72. The summed E-state index contributed by atoms with van der Waals surface area (Å²) in [6, 6.07) is 0. The summed E-state index contributed by atoms with van der Waals surface area (Å²) in [4.78, 5) is 37.4. The van der Waals surface area contributed by atoms with E-state index in [4.69, 9.17) is 14.2 Å². The Morgan fingerprint density at radius 3 is 2.28 bits per heavy atom. The van der Waals surface area contributed by atoms with Crippen molar-refractivity contribution in [2.45, 2.75) is 112 Å². The van der Waals surface area contributed by atoms with E-state index in [0.717, 1.165) is 11.1 Å². The number of fused-ring (bicyclic) bond motifs is 3. The lowest BCUT2D eigenvalue weighted by molar-refractivity contribution is -0.186. The standard InChI is InChI=1S/C29H44O7/c1-10-15(2)27(33)36-22-13-16(3)23-20(32)14-29(9)12-11-21(34-18(5)30)17(4)24(29)26(35-19(6)31)25(22)28(23,7)8/h15,20-22,24-26,32H,4,10-14H2,1-3,5-9H3/t15-,20-,21-,22-,24-,25-,26-,29-/m0/s1. The van der Waals surface area contributed by atoms with Gasteiger partial charge in [-0.1, -0.05) is 46.8 Å². The third-order valence-corrected chi connectivity index (χ3v) is 9.00. The number of hydrogen-bond donors (Lipinski definition) is 1. The highest BCUT2D eigenvalue weighted by atomic mass is 16.6. The predicted octanol–water partition coefficient (Wildman–Crippen LogP) is 4.91.